The smallest absolute Gasteiger partial charge is 0.207 e. The Labute approximate surface area is 64.3 Å². The average Bonchev–Trinajstić information content (AvgIpc) is 1.55. The standard InChI is InChI=1S/C3H6FNO4S2/c1-2-3-10(6,7)5-11(4,8)9/h2-3,5H,1H3. The van der Waals surface area contributed by atoms with Crippen LogP contribution in [0.25, 0.3) is 0 Å². The predicted octanol–water partition coefficient (Wildman–Crippen LogP) is -0.346. The number of halogens is 1. The van der Waals surface area contributed by atoms with Gasteiger partial charge in [0.2, 0.25) is 10.0 Å². The van der Waals surface area contributed by atoms with Crippen LogP contribution in [0, 0.1) is 0 Å². The van der Waals surface area contributed by atoms with Gasteiger partial charge in [-0.2, -0.15) is 8.42 Å². The lowest BCUT2D eigenvalue weighted by Crippen LogP contribution is -2.25. The number of nitrogens with one attached hydrogen (secondary N) is 1. The fourth-order valence-corrected chi connectivity index (χ4v) is 2.04. The maximum absolute atomic E-state index is 11.7. The molecule has 0 aliphatic rings. The van der Waals surface area contributed by atoms with E-state index < -0.39 is 20.4 Å². The van der Waals surface area contributed by atoms with Gasteiger partial charge in [-0.3, -0.25) is 0 Å². The molecule has 0 aromatic rings. The first-order chi connectivity index (χ1) is 4.77. The van der Waals surface area contributed by atoms with Crippen LogP contribution < -0.4 is 4.13 Å². The molecule has 0 spiro atoms. The summed E-state index contributed by atoms with van der Waals surface area (Å²) in [5.41, 5.74) is 0. The highest BCUT2D eigenvalue weighted by Crippen LogP contribution is 1.92. The van der Waals surface area contributed by atoms with Gasteiger partial charge in [0.15, 0.2) is 0 Å². The molecular weight excluding hydrogens is 197 g/mol. The summed E-state index contributed by atoms with van der Waals surface area (Å²) in [6.07, 6.45) is 1.06. The zero-order valence-electron chi connectivity index (χ0n) is 5.48. The van der Waals surface area contributed by atoms with E-state index in [9.17, 15) is 20.7 Å². The molecule has 0 unspecified atom stereocenters. The highest BCUT2D eigenvalue weighted by atomic mass is 32.3. The van der Waals surface area contributed by atoms with Gasteiger partial charge in [-0.15, -0.1) is 0 Å². The summed E-state index contributed by atoms with van der Waals surface area (Å²) in [5.74, 6) is 0. The minimum Gasteiger partial charge on any atom is -0.207 e. The molecule has 1 N–H and O–H groups in total. The van der Waals surface area contributed by atoms with Crippen molar-refractivity contribution in [3.63, 3.8) is 0 Å². The molecular formula is C3H6FNO4S2. The maximum atomic E-state index is 11.7. The zero-order valence-corrected chi connectivity index (χ0v) is 7.12. The summed E-state index contributed by atoms with van der Waals surface area (Å²) < 4.78 is 52.8. The minimum absolute atomic E-state index is 0.532. The number of rotatable bonds is 3. The van der Waals surface area contributed by atoms with Crippen molar-refractivity contribution in [3.8, 4) is 0 Å². The number of hydrogen-bond donors (Lipinski definition) is 1. The Morgan fingerprint density at radius 2 is 1.73 bits per heavy atom. The number of hydrogen-bond acceptors (Lipinski definition) is 4. The Bertz CT molecular complexity index is 340. The summed E-state index contributed by atoms with van der Waals surface area (Å²) in [5, 5.41) is 0.532. The van der Waals surface area contributed by atoms with Gasteiger partial charge < -0.3 is 0 Å². The van der Waals surface area contributed by atoms with E-state index in [2.05, 4.69) is 0 Å². The van der Waals surface area contributed by atoms with Crippen molar-refractivity contribution >= 4 is 20.4 Å². The Morgan fingerprint density at radius 3 is 2.00 bits per heavy atom. The van der Waals surface area contributed by atoms with Crippen LogP contribution in [0.15, 0.2) is 11.5 Å². The Morgan fingerprint density at radius 1 is 1.27 bits per heavy atom. The third kappa shape index (κ3) is 5.95. The monoisotopic (exact) mass is 203 g/mol. The van der Waals surface area contributed by atoms with Crippen LogP contribution >= 0.6 is 0 Å². The number of allylic oxidation sites excluding steroid dienone is 1. The van der Waals surface area contributed by atoms with Crippen LogP contribution in [-0.4, -0.2) is 16.8 Å². The quantitative estimate of drug-likeness (QED) is 0.636. The van der Waals surface area contributed by atoms with E-state index in [1.807, 2.05) is 0 Å². The summed E-state index contributed by atoms with van der Waals surface area (Å²) in [4.78, 5) is 0. The van der Waals surface area contributed by atoms with Crippen LogP contribution in [0.3, 0.4) is 0 Å². The van der Waals surface area contributed by atoms with Crippen molar-refractivity contribution in [1.82, 2.24) is 4.13 Å². The van der Waals surface area contributed by atoms with Gasteiger partial charge in [0, 0.05) is 5.41 Å². The van der Waals surface area contributed by atoms with Gasteiger partial charge >= 0.3 is 10.4 Å². The van der Waals surface area contributed by atoms with Crippen LogP contribution in [0.2, 0.25) is 0 Å². The summed E-state index contributed by atoms with van der Waals surface area (Å²) in [7, 11) is -9.38. The number of sulfonamides is 1. The highest BCUT2D eigenvalue weighted by molar-refractivity contribution is 8.04. The van der Waals surface area contributed by atoms with Crippen molar-refractivity contribution < 1.29 is 20.7 Å². The van der Waals surface area contributed by atoms with Crippen LogP contribution in [0.5, 0.6) is 0 Å². The molecule has 0 aliphatic carbocycles. The lowest BCUT2D eigenvalue weighted by molar-refractivity contribution is 0.544. The van der Waals surface area contributed by atoms with E-state index >= 15 is 0 Å². The van der Waals surface area contributed by atoms with E-state index in [1.54, 1.807) is 0 Å². The van der Waals surface area contributed by atoms with Crippen molar-refractivity contribution in [1.29, 1.82) is 0 Å². The first kappa shape index (κ1) is 10.5. The van der Waals surface area contributed by atoms with E-state index in [-0.39, 0.29) is 0 Å². The van der Waals surface area contributed by atoms with Crippen molar-refractivity contribution in [2.24, 2.45) is 0 Å². The summed E-state index contributed by atoms with van der Waals surface area (Å²) >= 11 is 0. The molecule has 5 nitrogen and oxygen atoms in total. The molecule has 0 aliphatic heterocycles. The Balaban J connectivity index is 4.67. The second-order valence-corrected chi connectivity index (χ2v) is 4.44. The van der Waals surface area contributed by atoms with Gasteiger partial charge in [0.05, 0.1) is 0 Å². The fourth-order valence-electron chi connectivity index (χ4n) is 0.346. The molecule has 0 atom stereocenters. The third-order valence-electron chi connectivity index (χ3n) is 0.531. The second kappa shape index (κ2) is 3.28. The van der Waals surface area contributed by atoms with Gasteiger partial charge in [-0.25, -0.2) is 8.42 Å². The Kier molecular flexibility index (Phi) is 3.14. The molecule has 0 amide bonds. The molecule has 0 fully saturated rings. The molecule has 0 saturated carbocycles. The fraction of sp³-hybridized carbons (Fsp3) is 0.333. The van der Waals surface area contributed by atoms with Gasteiger partial charge in [0.1, 0.15) is 0 Å². The molecule has 0 heterocycles. The van der Waals surface area contributed by atoms with E-state index in [4.69, 9.17) is 0 Å². The molecule has 0 radical (unpaired) electrons. The lowest BCUT2D eigenvalue weighted by atomic mass is 10.8. The zero-order chi connectivity index (χ0) is 9.12. The van der Waals surface area contributed by atoms with Gasteiger partial charge in [0.25, 0.3) is 0 Å². The highest BCUT2D eigenvalue weighted by Gasteiger charge is 2.15. The second-order valence-electron chi connectivity index (χ2n) is 1.54. The van der Waals surface area contributed by atoms with Gasteiger partial charge in [-0.1, -0.05) is 14.1 Å². The summed E-state index contributed by atoms with van der Waals surface area (Å²) in [6.45, 7) is 1.35. The third-order valence-corrected chi connectivity index (χ3v) is 2.89. The van der Waals surface area contributed by atoms with Crippen LogP contribution in [0.1, 0.15) is 6.92 Å². The first-order valence-electron chi connectivity index (χ1n) is 2.38. The molecule has 66 valence electrons. The van der Waals surface area contributed by atoms with Crippen molar-refractivity contribution in [2.45, 2.75) is 6.92 Å². The van der Waals surface area contributed by atoms with E-state index in [0.717, 1.165) is 10.2 Å². The topological polar surface area (TPSA) is 80.3 Å². The maximum Gasteiger partial charge on any atom is 0.385 e. The van der Waals surface area contributed by atoms with Crippen LogP contribution in [0.4, 0.5) is 3.89 Å². The van der Waals surface area contributed by atoms with E-state index in [1.165, 1.54) is 6.92 Å². The molecule has 0 bridgehead atoms. The van der Waals surface area contributed by atoms with E-state index in [0.29, 0.717) is 5.41 Å². The summed E-state index contributed by atoms with van der Waals surface area (Å²) in [6, 6.07) is 0. The van der Waals surface area contributed by atoms with Crippen molar-refractivity contribution in [3.05, 3.63) is 11.5 Å². The largest absolute Gasteiger partial charge is 0.385 e. The first-order valence-corrected chi connectivity index (χ1v) is 5.31. The predicted molar refractivity (Wildman–Crippen MR) is 36.9 cm³/mol. The molecule has 0 saturated heterocycles. The normalized spacial score (nSPS) is 14.0. The molecule has 11 heavy (non-hydrogen) atoms. The lowest BCUT2D eigenvalue weighted by Gasteiger charge is -1.93. The molecule has 0 rings (SSSR count). The molecule has 0 aromatic carbocycles. The SMILES string of the molecule is CC=CS(=O)(=O)NS(=O)(=O)F. The molecule has 8 heteroatoms. The Hall–Kier alpha value is -0.470. The average molecular weight is 203 g/mol. The van der Waals surface area contributed by atoms with Crippen molar-refractivity contribution in [2.75, 3.05) is 0 Å². The van der Waals surface area contributed by atoms with Gasteiger partial charge in [-0.05, 0) is 6.92 Å². The molecule has 0 aromatic heterocycles. The van der Waals surface area contributed by atoms with Crippen LogP contribution in [-0.2, 0) is 20.4 Å². The minimum atomic E-state index is -5.19.